The lowest BCUT2D eigenvalue weighted by Crippen LogP contribution is -2.36. The van der Waals surface area contributed by atoms with E-state index in [-0.39, 0.29) is 6.03 Å². The molecule has 31 heavy (non-hydrogen) atoms. The Bertz CT molecular complexity index is 1050. The lowest BCUT2D eigenvalue weighted by atomic mass is 10.1. The molecule has 2 amide bonds. The molecule has 1 aliphatic rings. The van der Waals surface area contributed by atoms with E-state index >= 15 is 0 Å². The van der Waals surface area contributed by atoms with Gasteiger partial charge in [0.1, 0.15) is 5.75 Å². The molecule has 1 aromatic heterocycles. The summed E-state index contributed by atoms with van der Waals surface area (Å²) in [6, 6.07) is 16.7. The minimum Gasteiger partial charge on any atom is -0.495 e. The van der Waals surface area contributed by atoms with Gasteiger partial charge in [0.2, 0.25) is 0 Å². The van der Waals surface area contributed by atoms with Crippen molar-refractivity contribution in [1.82, 2.24) is 10.2 Å². The van der Waals surface area contributed by atoms with E-state index in [0.717, 1.165) is 35.7 Å². The molecule has 1 fully saturated rings. The molecule has 0 unspecified atom stereocenters. The molecule has 2 heterocycles. The third-order valence-electron chi connectivity index (χ3n) is 5.00. The summed E-state index contributed by atoms with van der Waals surface area (Å²) in [5.41, 5.74) is 3.90. The summed E-state index contributed by atoms with van der Waals surface area (Å²) >= 11 is 0. The van der Waals surface area contributed by atoms with Crippen LogP contribution in [0, 0.1) is 6.92 Å². The maximum atomic E-state index is 12.5. The van der Waals surface area contributed by atoms with E-state index in [4.69, 9.17) is 9.47 Å². The average molecular weight is 419 g/mol. The Balaban J connectivity index is 1.44. The fraction of sp³-hybridized carbons (Fsp3) is 0.261. The van der Waals surface area contributed by atoms with Gasteiger partial charge in [0.15, 0.2) is 5.82 Å². The van der Waals surface area contributed by atoms with Gasteiger partial charge in [-0.3, -0.25) is 0 Å². The van der Waals surface area contributed by atoms with Gasteiger partial charge < -0.3 is 25.0 Å². The van der Waals surface area contributed by atoms with Crippen LogP contribution in [0.25, 0.3) is 11.3 Å². The van der Waals surface area contributed by atoms with E-state index in [1.54, 1.807) is 7.11 Å². The van der Waals surface area contributed by atoms with Crippen LogP contribution in [0.3, 0.4) is 0 Å². The van der Waals surface area contributed by atoms with Gasteiger partial charge >= 0.3 is 6.03 Å². The van der Waals surface area contributed by atoms with Gasteiger partial charge in [-0.2, -0.15) is 0 Å². The van der Waals surface area contributed by atoms with Crippen LogP contribution in [-0.2, 0) is 4.74 Å². The number of aromatic nitrogens is 2. The molecule has 0 aliphatic carbocycles. The van der Waals surface area contributed by atoms with Gasteiger partial charge in [-0.15, -0.1) is 10.2 Å². The zero-order chi connectivity index (χ0) is 21.6. The summed E-state index contributed by atoms with van der Waals surface area (Å²) in [5.74, 6) is 1.44. The molecule has 160 valence electrons. The Morgan fingerprint density at radius 2 is 1.87 bits per heavy atom. The second kappa shape index (κ2) is 9.44. The van der Waals surface area contributed by atoms with E-state index in [1.165, 1.54) is 0 Å². The standard InChI is InChI=1S/C23H25N5O3/c1-16-6-8-21(30-2)20(14-16)25-23(29)24-18-5-3-4-17(15-18)19-7-9-22(27-26-19)28-10-12-31-13-11-28/h3-9,14-15H,10-13H2,1-2H3,(H2,24,25,29). The van der Waals surface area contributed by atoms with E-state index in [9.17, 15) is 4.79 Å². The van der Waals surface area contributed by atoms with E-state index in [2.05, 4.69) is 25.7 Å². The van der Waals surface area contributed by atoms with Gasteiger partial charge in [-0.25, -0.2) is 4.79 Å². The second-order valence-electron chi connectivity index (χ2n) is 7.24. The number of ether oxygens (including phenoxy) is 2. The molecule has 0 bridgehead atoms. The van der Waals surface area contributed by atoms with Gasteiger partial charge in [0, 0.05) is 24.3 Å². The molecule has 0 spiro atoms. The zero-order valence-corrected chi connectivity index (χ0v) is 17.6. The molecule has 1 aliphatic heterocycles. The lowest BCUT2D eigenvalue weighted by molar-refractivity contribution is 0.122. The Hall–Kier alpha value is -3.65. The first-order valence-electron chi connectivity index (χ1n) is 10.1. The maximum Gasteiger partial charge on any atom is 0.323 e. The third kappa shape index (κ3) is 5.10. The number of hydrogen-bond donors (Lipinski definition) is 2. The van der Waals surface area contributed by atoms with Crippen LogP contribution in [0.1, 0.15) is 5.56 Å². The van der Waals surface area contributed by atoms with Crippen molar-refractivity contribution >= 4 is 23.2 Å². The van der Waals surface area contributed by atoms with Crippen LogP contribution in [-0.4, -0.2) is 49.6 Å². The fourth-order valence-corrected chi connectivity index (χ4v) is 3.40. The maximum absolute atomic E-state index is 12.5. The summed E-state index contributed by atoms with van der Waals surface area (Å²) in [5, 5.41) is 14.4. The summed E-state index contributed by atoms with van der Waals surface area (Å²) < 4.78 is 10.7. The number of aryl methyl sites for hydroxylation is 1. The number of amides is 2. The zero-order valence-electron chi connectivity index (χ0n) is 17.6. The molecule has 8 nitrogen and oxygen atoms in total. The summed E-state index contributed by atoms with van der Waals surface area (Å²) in [6.07, 6.45) is 0. The topological polar surface area (TPSA) is 88.6 Å². The highest BCUT2D eigenvalue weighted by molar-refractivity contribution is 6.01. The molecule has 8 heteroatoms. The molecule has 0 saturated carbocycles. The van der Waals surface area contributed by atoms with Crippen molar-refractivity contribution in [3.63, 3.8) is 0 Å². The predicted octanol–water partition coefficient (Wildman–Crippen LogP) is 3.94. The van der Waals surface area contributed by atoms with Crippen molar-refractivity contribution in [1.29, 1.82) is 0 Å². The lowest BCUT2D eigenvalue weighted by Gasteiger charge is -2.27. The molecular formula is C23H25N5O3. The molecule has 2 N–H and O–H groups in total. The smallest absolute Gasteiger partial charge is 0.323 e. The van der Waals surface area contributed by atoms with Gasteiger partial charge in [-0.05, 0) is 48.9 Å². The van der Waals surface area contributed by atoms with Crippen molar-refractivity contribution in [2.75, 3.05) is 48.9 Å². The van der Waals surface area contributed by atoms with E-state index in [1.807, 2.05) is 61.5 Å². The SMILES string of the molecule is COc1ccc(C)cc1NC(=O)Nc1cccc(-c2ccc(N3CCOCC3)nn2)c1. The number of morpholine rings is 1. The predicted molar refractivity (Wildman–Crippen MR) is 121 cm³/mol. The van der Waals surface area contributed by atoms with Crippen LogP contribution in [0.2, 0.25) is 0 Å². The van der Waals surface area contributed by atoms with Crippen molar-refractivity contribution in [2.24, 2.45) is 0 Å². The first-order valence-corrected chi connectivity index (χ1v) is 10.1. The van der Waals surface area contributed by atoms with Crippen LogP contribution in [0.15, 0.2) is 54.6 Å². The number of nitrogens with one attached hydrogen (secondary N) is 2. The number of hydrogen-bond acceptors (Lipinski definition) is 6. The Morgan fingerprint density at radius 1 is 1.03 bits per heavy atom. The number of methoxy groups -OCH3 is 1. The van der Waals surface area contributed by atoms with Crippen LogP contribution in [0.4, 0.5) is 22.0 Å². The largest absolute Gasteiger partial charge is 0.495 e. The minimum absolute atomic E-state index is 0.352. The van der Waals surface area contributed by atoms with Crippen LogP contribution in [0.5, 0.6) is 5.75 Å². The number of carbonyl (C=O) groups is 1. The van der Waals surface area contributed by atoms with E-state index < -0.39 is 0 Å². The second-order valence-corrected chi connectivity index (χ2v) is 7.24. The molecule has 3 aromatic rings. The van der Waals surface area contributed by atoms with E-state index in [0.29, 0.717) is 30.3 Å². The summed E-state index contributed by atoms with van der Waals surface area (Å²) in [6.45, 7) is 4.99. The van der Waals surface area contributed by atoms with Crippen molar-refractivity contribution in [2.45, 2.75) is 6.92 Å². The first-order chi connectivity index (χ1) is 15.1. The molecule has 0 atom stereocenters. The minimum atomic E-state index is -0.352. The van der Waals surface area contributed by atoms with Gasteiger partial charge in [0.25, 0.3) is 0 Å². The molecule has 4 rings (SSSR count). The van der Waals surface area contributed by atoms with Gasteiger partial charge in [-0.1, -0.05) is 18.2 Å². The van der Waals surface area contributed by atoms with Crippen LogP contribution < -0.4 is 20.3 Å². The first kappa shape index (κ1) is 20.6. The third-order valence-corrected chi connectivity index (χ3v) is 5.00. The number of nitrogens with zero attached hydrogens (tertiary/aromatic N) is 3. The monoisotopic (exact) mass is 419 g/mol. The number of rotatable bonds is 5. The Labute approximate surface area is 181 Å². The van der Waals surface area contributed by atoms with Crippen molar-refractivity contribution in [3.05, 3.63) is 60.2 Å². The summed E-state index contributed by atoms with van der Waals surface area (Å²) in [7, 11) is 1.57. The molecular weight excluding hydrogens is 394 g/mol. The Morgan fingerprint density at radius 3 is 2.61 bits per heavy atom. The number of carbonyl (C=O) groups excluding carboxylic acids is 1. The number of anilines is 3. The van der Waals surface area contributed by atoms with Gasteiger partial charge in [0.05, 0.1) is 31.7 Å². The quantitative estimate of drug-likeness (QED) is 0.651. The summed E-state index contributed by atoms with van der Waals surface area (Å²) in [4.78, 5) is 14.7. The average Bonchev–Trinajstić information content (AvgIpc) is 2.80. The molecule has 2 aromatic carbocycles. The highest BCUT2D eigenvalue weighted by Gasteiger charge is 2.13. The van der Waals surface area contributed by atoms with Crippen LogP contribution >= 0.6 is 0 Å². The van der Waals surface area contributed by atoms with Crippen molar-refractivity contribution in [3.8, 4) is 17.0 Å². The highest BCUT2D eigenvalue weighted by atomic mass is 16.5. The molecule has 0 radical (unpaired) electrons. The highest BCUT2D eigenvalue weighted by Crippen LogP contribution is 2.26. The number of benzene rings is 2. The Kier molecular flexibility index (Phi) is 6.28. The normalized spacial score (nSPS) is 13.5. The number of urea groups is 1. The fourth-order valence-electron chi connectivity index (χ4n) is 3.40. The molecule has 1 saturated heterocycles. The van der Waals surface area contributed by atoms with Crippen molar-refractivity contribution < 1.29 is 14.3 Å².